The summed E-state index contributed by atoms with van der Waals surface area (Å²) in [6, 6.07) is 0.107. The van der Waals surface area contributed by atoms with Gasteiger partial charge < -0.3 is 5.32 Å². The highest BCUT2D eigenvalue weighted by molar-refractivity contribution is 9.10. The minimum absolute atomic E-state index is 0.107. The molecule has 0 aromatic carbocycles. The fourth-order valence-corrected chi connectivity index (χ4v) is 2.90. The van der Waals surface area contributed by atoms with Gasteiger partial charge in [-0.15, -0.1) is 0 Å². The molecule has 0 saturated carbocycles. The average molecular weight is 326 g/mol. The Kier molecular flexibility index (Phi) is 4.42. The maximum Gasteiger partial charge on any atom is 0.0793 e. The summed E-state index contributed by atoms with van der Waals surface area (Å²) in [5, 5.41) is 12.4. The van der Waals surface area contributed by atoms with Crippen LogP contribution in [0.4, 0.5) is 0 Å². The van der Waals surface area contributed by atoms with Crippen LogP contribution in [0.2, 0.25) is 0 Å². The molecule has 104 valence electrons. The Morgan fingerprint density at radius 1 is 1.42 bits per heavy atom. The van der Waals surface area contributed by atoms with E-state index in [1.165, 1.54) is 5.56 Å². The monoisotopic (exact) mass is 325 g/mol. The molecule has 0 amide bonds. The quantitative estimate of drug-likeness (QED) is 0.918. The number of aryl methyl sites for hydroxylation is 3. The van der Waals surface area contributed by atoms with Gasteiger partial charge in [0, 0.05) is 25.4 Å². The van der Waals surface area contributed by atoms with Crippen LogP contribution in [0.5, 0.6) is 0 Å². The van der Waals surface area contributed by atoms with E-state index >= 15 is 0 Å². The van der Waals surface area contributed by atoms with Gasteiger partial charge in [-0.3, -0.25) is 9.36 Å². The molecule has 0 aliphatic carbocycles. The van der Waals surface area contributed by atoms with Gasteiger partial charge in [-0.1, -0.05) is 6.92 Å². The summed E-state index contributed by atoms with van der Waals surface area (Å²) in [6.45, 7) is 7.99. The lowest BCUT2D eigenvalue weighted by atomic mass is 10.0. The molecule has 2 heterocycles. The highest BCUT2D eigenvalue weighted by Crippen LogP contribution is 2.29. The molecule has 1 atom stereocenters. The van der Waals surface area contributed by atoms with Crippen LogP contribution in [-0.2, 0) is 13.6 Å². The molecule has 2 aromatic heterocycles. The van der Waals surface area contributed by atoms with Crippen molar-refractivity contribution in [3.05, 3.63) is 33.8 Å². The molecule has 1 unspecified atom stereocenters. The smallest absolute Gasteiger partial charge is 0.0793 e. The Bertz CT molecular complexity index is 557. The first-order valence-electron chi connectivity index (χ1n) is 6.53. The number of hydrogen-bond acceptors (Lipinski definition) is 3. The van der Waals surface area contributed by atoms with Crippen molar-refractivity contribution in [3.63, 3.8) is 0 Å². The second kappa shape index (κ2) is 5.88. The van der Waals surface area contributed by atoms with Crippen LogP contribution in [0.15, 0.2) is 16.9 Å². The van der Waals surface area contributed by atoms with Gasteiger partial charge in [0.25, 0.3) is 0 Å². The van der Waals surface area contributed by atoms with E-state index in [1.54, 1.807) is 0 Å². The summed E-state index contributed by atoms with van der Waals surface area (Å²) in [4.78, 5) is 0. The summed E-state index contributed by atoms with van der Waals surface area (Å²) < 4.78 is 4.91. The fraction of sp³-hybridized carbons (Fsp3) is 0.538. The van der Waals surface area contributed by atoms with Crippen LogP contribution in [0.1, 0.15) is 36.8 Å². The van der Waals surface area contributed by atoms with E-state index in [2.05, 4.69) is 51.5 Å². The second-order valence-electron chi connectivity index (χ2n) is 4.53. The third-order valence-electron chi connectivity index (χ3n) is 3.18. The van der Waals surface area contributed by atoms with E-state index in [9.17, 15) is 0 Å². The Balaban J connectivity index is 2.51. The van der Waals surface area contributed by atoms with Gasteiger partial charge in [0.1, 0.15) is 0 Å². The number of nitrogens with one attached hydrogen (secondary N) is 1. The predicted molar refractivity (Wildman–Crippen MR) is 79.1 cm³/mol. The second-order valence-corrected chi connectivity index (χ2v) is 5.38. The SMILES string of the molecule is CCNC(c1cn(C)nc1C)c1c(Br)cnn1CC. The van der Waals surface area contributed by atoms with Gasteiger partial charge in [-0.05, 0) is 36.3 Å². The zero-order valence-electron chi connectivity index (χ0n) is 11.8. The van der Waals surface area contributed by atoms with Crippen LogP contribution in [0, 0.1) is 6.92 Å². The fourth-order valence-electron chi connectivity index (χ4n) is 2.37. The Morgan fingerprint density at radius 3 is 2.68 bits per heavy atom. The molecule has 19 heavy (non-hydrogen) atoms. The summed E-state index contributed by atoms with van der Waals surface area (Å²) in [5.41, 5.74) is 3.39. The van der Waals surface area contributed by atoms with E-state index in [4.69, 9.17) is 0 Å². The van der Waals surface area contributed by atoms with Crippen molar-refractivity contribution in [1.82, 2.24) is 24.9 Å². The topological polar surface area (TPSA) is 47.7 Å². The van der Waals surface area contributed by atoms with Crippen molar-refractivity contribution in [3.8, 4) is 0 Å². The highest BCUT2D eigenvalue weighted by atomic mass is 79.9. The summed E-state index contributed by atoms with van der Waals surface area (Å²) >= 11 is 3.61. The van der Waals surface area contributed by atoms with Crippen molar-refractivity contribution >= 4 is 15.9 Å². The van der Waals surface area contributed by atoms with Gasteiger partial charge in [-0.25, -0.2) is 0 Å². The molecule has 0 radical (unpaired) electrons. The lowest BCUT2D eigenvalue weighted by Gasteiger charge is -2.19. The molecule has 1 N–H and O–H groups in total. The molecule has 2 rings (SSSR count). The molecule has 0 fully saturated rings. The molecule has 0 aliphatic rings. The minimum Gasteiger partial charge on any atom is -0.305 e. The molecule has 5 nitrogen and oxygen atoms in total. The molecule has 0 spiro atoms. The Morgan fingerprint density at radius 2 is 2.16 bits per heavy atom. The lowest BCUT2D eigenvalue weighted by molar-refractivity contribution is 0.539. The number of hydrogen-bond donors (Lipinski definition) is 1. The summed E-state index contributed by atoms with van der Waals surface area (Å²) in [6.07, 6.45) is 3.93. The molecular formula is C13H20BrN5. The van der Waals surface area contributed by atoms with Crippen molar-refractivity contribution in [2.24, 2.45) is 7.05 Å². The van der Waals surface area contributed by atoms with Crippen LogP contribution in [-0.4, -0.2) is 26.1 Å². The van der Waals surface area contributed by atoms with Crippen LogP contribution in [0.25, 0.3) is 0 Å². The summed E-state index contributed by atoms with van der Waals surface area (Å²) in [5.74, 6) is 0. The van der Waals surface area contributed by atoms with E-state index < -0.39 is 0 Å². The van der Waals surface area contributed by atoms with Gasteiger partial charge in [0.15, 0.2) is 0 Å². The largest absolute Gasteiger partial charge is 0.305 e. The third-order valence-corrected chi connectivity index (χ3v) is 3.79. The zero-order chi connectivity index (χ0) is 14.0. The zero-order valence-corrected chi connectivity index (χ0v) is 13.4. The van der Waals surface area contributed by atoms with Crippen molar-refractivity contribution in [2.45, 2.75) is 33.4 Å². The minimum atomic E-state index is 0.107. The first kappa shape index (κ1) is 14.3. The van der Waals surface area contributed by atoms with Crippen molar-refractivity contribution < 1.29 is 0 Å². The van der Waals surface area contributed by atoms with Gasteiger partial charge in [-0.2, -0.15) is 10.2 Å². The van der Waals surface area contributed by atoms with Crippen molar-refractivity contribution in [2.75, 3.05) is 6.54 Å². The van der Waals surface area contributed by atoms with E-state index in [1.807, 2.05) is 29.5 Å². The van der Waals surface area contributed by atoms with Crippen molar-refractivity contribution in [1.29, 1.82) is 0 Å². The van der Waals surface area contributed by atoms with Crippen LogP contribution in [0.3, 0.4) is 0 Å². The van der Waals surface area contributed by atoms with Crippen LogP contribution < -0.4 is 5.32 Å². The number of nitrogens with zero attached hydrogens (tertiary/aromatic N) is 4. The Labute approximate surface area is 122 Å². The lowest BCUT2D eigenvalue weighted by Crippen LogP contribution is -2.25. The van der Waals surface area contributed by atoms with Gasteiger partial charge in [0.2, 0.25) is 0 Å². The van der Waals surface area contributed by atoms with E-state index in [0.29, 0.717) is 0 Å². The first-order chi connectivity index (χ1) is 9.08. The maximum absolute atomic E-state index is 4.44. The molecule has 0 bridgehead atoms. The number of rotatable bonds is 5. The predicted octanol–water partition coefficient (Wildman–Crippen LogP) is 2.41. The molecule has 6 heteroatoms. The number of halogens is 1. The van der Waals surface area contributed by atoms with Gasteiger partial charge in [0.05, 0.1) is 28.1 Å². The third kappa shape index (κ3) is 2.74. The van der Waals surface area contributed by atoms with E-state index in [-0.39, 0.29) is 6.04 Å². The van der Waals surface area contributed by atoms with Gasteiger partial charge >= 0.3 is 0 Å². The normalized spacial score (nSPS) is 12.9. The first-order valence-corrected chi connectivity index (χ1v) is 7.32. The van der Waals surface area contributed by atoms with Crippen LogP contribution >= 0.6 is 15.9 Å². The maximum atomic E-state index is 4.44. The Hall–Kier alpha value is -1.14. The van der Waals surface area contributed by atoms with E-state index in [0.717, 1.165) is 29.0 Å². The molecular weight excluding hydrogens is 306 g/mol. The standard InChI is InChI=1S/C13H20BrN5/c1-5-15-12(10-8-18(4)17-9(10)3)13-11(14)7-16-19(13)6-2/h7-8,12,15H,5-6H2,1-4H3. The summed E-state index contributed by atoms with van der Waals surface area (Å²) in [7, 11) is 1.95. The average Bonchev–Trinajstić information content (AvgIpc) is 2.89. The molecule has 2 aromatic rings. The molecule has 0 saturated heterocycles. The highest BCUT2D eigenvalue weighted by Gasteiger charge is 2.23. The molecule has 0 aliphatic heterocycles. The number of aromatic nitrogens is 4.